The van der Waals surface area contributed by atoms with E-state index in [0.29, 0.717) is 17.6 Å². The number of benzene rings is 2. The zero-order valence-corrected chi connectivity index (χ0v) is 11.4. The molecule has 1 aromatic heterocycles. The van der Waals surface area contributed by atoms with Crippen LogP contribution in [0, 0.1) is 5.82 Å². The zero-order valence-electron chi connectivity index (χ0n) is 11.4. The minimum absolute atomic E-state index is 0.202. The average molecular weight is 284 g/mol. The third-order valence-electron chi connectivity index (χ3n) is 3.24. The van der Waals surface area contributed by atoms with Gasteiger partial charge in [-0.05, 0) is 35.9 Å². The van der Waals surface area contributed by atoms with E-state index in [0.717, 1.165) is 11.1 Å². The fourth-order valence-corrected chi connectivity index (χ4v) is 2.07. The fraction of sp³-hybridized carbons (Fsp3) is 0.133. The Morgan fingerprint density at radius 3 is 2.76 bits per heavy atom. The van der Waals surface area contributed by atoms with E-state index in [-0.39, 0.29) is 11.7 Å². The molecule has 21 heavy (non-hydrogen) atoms. The van der Waals surface area contributed by atoms with Gasteiger partial charge in [-0.1, -0.05) is 17.3 Å². The molecule has 0 fully saturated rings. The minimum Gasteiger partial charge on any atom is -0.348 e. The van der Waals surface area contributed by atoms with Gasteiger partial charge in [0.25, 0.3) is 5.91 Å². The summed E-state index contributed by atoms with van der Waals surface area (Å²) in [5.41, 5.74) is 2.90. The summed E-state index contributed by atoms with van der Waals surface area (Å²) in [4.78, 5) is 12.1. The molecule has 0 radical (unpaired) electrons. The minimum atomic E-state index is -0.293. The Bertz CT molecular complexity index is 795. The second-order valence-corrected chi connectivity index (χ2v) is 4.73. The van der Waals surface area contributed by atoms with Crippen molar-refractivity contribution in [2.45, 2.75) is 6.54 Å². The number of nitrogens with one attached hydrogen (secondary N) is 1. The Kier molecular flexibility index (Phi) is 3.35. The highest BCUT2D eigenvalue weighted by Gasteiger charge is 2.09. The summed E-state index contributed by atoms with van der Waals surface area (Å²) >= 11 is 0. The van der Waals surface area contributed by atoms with E-state index < -0.39 is 0 Å². The van der Waals surface area contributed by atoms with Gasteiger partial charge < -0.3 is 5.32 Å². The van der Waals surface area contributed by atoms with Crippen LogP contribution in [-0.2, 0) is 13.6 Å². The standard InChI is InChI=1S/C15H13FN4O/c1-20-14-7-4-11(8-13(14)18-19-20)15(21)17-9-10-2-5-12(16)6-3-10/h2-8H,9H2,1H3,(H,17,21). The number of aryl methyl sites for hydroxylation is 1. The molecule has 0 aliphatic carbocycles. The molecule has 0 saturated heterocycles. The van der Waals surface area contributed by atoms with Gasteiger partial charge in [0.1, 0.15) is 11.3 Å². The van der Waals surface area contributed by atoms with Crippen molar-refractivity contribution < 1.29 is 9.18 Å². The van der Waals surface area contributed by atoms with Crippen LogP contribution in [0.15, 0.2) is 42.5 Å². The lowest BCUT2D eigenvalue weighted by Crippen LogP contribution is -2.22. The van der Waals surface area contributed by atoms with Crippen molar-refractivity contribution in [2.75, 3.05) is 0 Å². The summed E-state index contributed by atoms with van der Waals surface area (Å²) in [7, 11) is 1.80. The molecule has 0 aliphatic rings. The average Bonchev–Trinajstić information content (AvgIpc) is 2.87. The third-order valence-corrected chi connectivity index (χ3v) is 3.24. The number of aromatic nitrogens is 3. The number of fused-ring (bicyclic) bond motifs is 1. The van der Waals surface area contributed by atoms with Crippen molar-refractivity contribution in [3.63, 3.8) is 0 Å². The second kappa shape index (κ2) is 5.32. The summed E-state index contributed by atoms with van der Waals surface area (Å²) < 4.78 is 14.4. The van der Waals surface area contributed by atoms with E-state index >= 15 is 0 Å². The maximum atomic E-state index is 12.8. The van der Waals surface area contributed by atoms with Crippen LogP contribution < -0.4 is 5.32 Å². The SMILES string of the molecule is Cn1nnc2cc(C(=O)NCc3ccc(F)cc3)ccc21. The monoisotopic (exact) mass is 284 g/mol. The normalized spacial score (nSPS) is 10.8. The van der Waals surface area contributed by atoms with Crippen LogP contribution in [-0.4, -0.2) is 20.9 Å². The first-order valence-corrected chi connectivity index (χ1v) is 6.45. The van der Waals surface area contributed by atoms with Gasteiger partial charge in [0.2, 0.25) is 0 Å². The lowest BCUT2D eigenvalue weighted by molar-refractivity contribution is 0.0951. The number of halogens is 1. The molecule has 5 nitrogen and oxygen atoms in total. The molecule has 0 bridgehead atoms. The molecule has 3 rings (SSSR count). The number of hydrogen-bond donors (Lipinski definition) is 1. The number of rotatable bonds is 3. The molecule has 1 N–H and O–H groups in total. The summed E-state index contributed by atoms with van der Waals surface area (Å²) in [5.74, 6) is -0.495. The molecule has 0 unspecified atom stereocenters. The Morgan fingerprint density at radius 2 is 2.00 bits per heavy atom. The van der Waals surface area contributed by atoms with Gasteiger partial charge >= 0.3 is 0 Å². The lowest BCUT2D eigenvalue weighted by Gasteiger charge is -2.05. The van der Waals surface area contributed by atoms with Crippen LogP contribution >= 0.6 is 0 Å². The van der Waals surface area contributed by atoms with Crippen LogP contribution in [0.1, 0.15) is 15.9 Å². The van der Waals surface area contributed by atoms with Crippen molar-refractivity contribution in [1.29, 1.82) is 0 Å². The first kappa shape index (κ1) is 13.2. The van der Waals surface area contributed by atoms with Crippen molar-refractivity contribution >= 4 is 16.9 Å². The molecule has 106 valence electrons. The van der Waals surface area contributed by atoms with E-state index in [9.17, 15) is 9.18 Å². The molecule has 2 aromatic carbocycles. The third kappa shape index (κ3) is 2.74. The molecular formula is C15H13FN4O. The maximum absolute atomic E-state index is 12.8. The summed E-state index contributed by atoms with van der Waals surface area (Å²) in [5, 5.41) is 10.7. The van der Waals surface area contributed by atoms with Crippen LogP contribution in [0.2, 0.25) is 0 Å². The Balaban J connectivity index is 1.73. The predicted molar refractivity (Wildman–Crippen MR) is 76.1 cm³/mol. The Labute approximate surface area is 120 Å². The highest BCUT2D eigenvalue weighted by atomic mass is 19.1. The van der Waals surface area contributed by atoms with Gasteiger partial charge in [-0.3, -0.25) is 4.79 Å². The van der Waals surface area contributed by atoms with E-state index in [4.69, 9.17) is 0 Å². The Hall–Kier alpha value is -2.76. The molecule has 0 saturated carbocycles. The zero-order chi connectivity index (χ0) is 14.8. The summed E-state index contributed by atoms with van der Waals surface area (Å²) in [6, 6.07) is 11.2. The lowest BCUT2D eigenvalue weighted by atomic mass is 10.1. The quantitative estimate of drug-likeness (QED) is 0.800. The van der Waals surface area contributed by atoms with E-state index in [2.05, 4.69) is 15.6 Å². The number of carbonyl (C=O) groups is 1. The highest BCUT2D eigenvalue weighted by molar-refractivity contribution is 5.97. The smallest absolute Gasteiger partial charge is 0.251 e. The summed E-state index contributed by atoms with van der Waals surface area (Å²) in [6.45, 7) is 0.345. The van der Waals surface area contributed by atoms with Crippen molar-refractivity contribution in [2.24, 2.45) is 7.05 Å². The number of carbonyl (C=O) groups excluding carboxylic acids is 1. The maximum Gasteiger partial charge on any atom is 0.251 e. The van der Waals surface area contributed by atoms with Crippen LogP contribution in [0.25, 0.3) is 11.0 Å². The van der Waals surface area contributed by atoms with E-state index in [1.165, 1.54) is 12.1 Å². The molecule has 1 heterocycles. The van der Waals surface area contributed by atoms with Crippen LogP contribution in [0.3, 0.4) is 0 Å². The predicted octanol–water partition coefficient (Wildman–Crippen LogP) is 2.04. The van der Waals surface area contributed by atoms with Gasteiger partial charge in [-0.25, -0.2) is 9.07 Å². The van der Waals surface area contributed by atoms with Gasteiger partial charge in [0.15, 0.2) is 0 Å². The molecule has 1 amide bonds. The van der Waals surface area contributed by atoms with Gasteiger partial charge in [-0.2, -0.15) is 0 Å². The Morgan fingerprint density at radius 1 is 1.24 bits per heavy atom. The number of nitrogens with zero attached hydrogens (tertiary/aromatic N) is 3. The van der Waals surface area contributed by atoms with Crippen LogP contribution in [0.5, 0.6) is 0 Å². The molecule has 0 spiro atoms. The molecule has 6 heteroatoms. The molecule has 0 aliphatic heterocycles. The number of hydrogen-bond acceptors (Lipinski definition) is 3. The van der Waals surface area contributed by atoms with Gasteiger partial charge in [0, 0.05) is 19.2 Å². The van der Waals surface area contributed by atoms with Gasteiger partial charge in [-0.15, -0.1) is 5.10 Å². The molecule has 0 atom stereocenters. The fourth-order valence-electron chi connectivity index (χ4n) is 2.07. The molecular weight excluding hydrogens is 271 g/mol. The van der Waals surface area contributed by atoms with E-state index in [1.807, 2.05) is 6.07 Å². The van der Waals surface area contributed by atoms with Crippen LogP contribution in [0.4, 0.5) is 4.39 Å². The van der Waals surface area contributed by atoms with Crippen molar-refractivity contribution in [3.05, 3.63) is 59.4 Å². The van der Waals surface area contributed by atoms with Crippen molar-refractivity contribution in [1.82, 2.24) is 20.3 Å². The summed E-state index contributed by atoms with van der Waals surface area (Å²) in [6.07, 6.45) is 0. The van der Waals surface area contributed by atoms with Gasteiger partial charge in [0.05, 0.1) is 5.52 Å². The van der Waals surface area contributed by atoms with Crippen molar-refractivity contribution in [3.8, 4) is 0 Å². The highest BCUT2D eigenvalue weighted by Crippen LogP contribution is 2.12. The topological polar surface area (TPSA) is 59.8 Å². The largest absolute Gasteiger partial charge is 0.348 e. The second-order valence-electron chi connectivity index (χ2n) is 4.73. The first-order valence-electron chi connectivity index (χ1n) is 6.45. The number of amides is 1. The molecule has 3 aromatic rings. The van der Waals surface area contributed by atoms with E-state index in [1.54, 1.807) is 36.0 Å². The first-order chi connectivity index (χ1) is 10.1.